The van der Waals surface area contributed by atoms with E-state index < -0.39 is 0 Å². The van der Waals surface area contributed by atoms with E-state index in [9.17, 15) is 4.79 Å². The van der Waals surface area contributed by atoms with E-state index in [4.69, 9.17) is 0 Å². The van der Waals surface area contributed by atoms with Gasteiger partial charge in [0, 0.05) is 31.3 Å². The average molecular weight is 210 g/mol. The van der Waals surface area contributed by atoms with E-state index in [1.54, 1.807) is 11.3 Å². The number of nitrogens with zero attached hydrogens (tertiary/aromatic N) is 2. The van der Waals surface area contributed by atoms with Gasteiger partial charge >= 0.3 is 0 Å². The molecule has 1 saturated heterocycles. The summed E-state index contributed by atoms with van der Waals surface area (Å²) in [4.78, 5) is 17.8. The van der Waals surface area contributed by atoms with Crippen molar-refractivity contribution in [3.63, 3.8) is 0 Å². The number of ketones is 1. The highest BCUT2D eigenvalue weighted by Gasteiger charge is 2.18. The lowest BCUT2D eigenvalue weighted by Gasteiger charge is -2.25. The molecule has 0 unspecified atom stereocenters. The monoisotopic (exact) mass is 210 g/mol. The van der Waals surface area contributed by atoms with Crippen LogP contribution in [0.25, 0.3) is 0 Å². The molecule has 1 aromatic rings. The second-order valence-corrected chi connectivity index (χ2v) is 4.34. The van der Waals surface area contributed by atoms with Gasteiger partial charge in [-0.3, -0.25) is 4.79 Å². The summed E-state index contributed by atoms with van der Waals surface area (Å²) in [5.74, 6) is 0.383. The molecule has 2 heterocycles. The van der Waals surface area contributed by atoms with E-state index in [0.29, 0.717) is 18.6 Å². The molecule has 1 aromatic heterocycles. The number of carbonyl (C=O) groups is 1. The fraction of sp³-hybridized carbons (Fsp3) is 0.600. The van der Waals surface area contributed by atoms with Gasteiger partial charge in [0.05, 0.1) is 5.69 Å². The van der Waals surface area contributed by atoms with Crippen LogP contribution in [0, 0.1) is 0 Å². The lowest BCUT2D eigenvalue weighted by molar-refractivity contribution is -0.119. The smallest absolute Gasteiger partial charge is 0.185 e. The number of piperidine rings is 1. The quantitative estimate of drug-likeness (QED) is 0.747. The van der Waals surface area contributed by atoms with Crippen molar-refractivity contribution in [1.29, 1.82) is 0 Å². The van der Waals surface area contributed by atoms with Crippen molar-refractivity contribution in [2.75, 3.05) is 18.0 Å². The van der Waals surface area contributed by atoms with E-state index in [-0.39, 0.29) is 0 Å². The normalized spacial score (nSPS) is 17.5. The van der Waals surface area contributed by atoms with Gasteiger partial charge in [0.1, 0.15) is 5.78 Å². The first-order valence-electron chi connectivity index (χ1n) is 5.00. The van der Waals surface area contributed by atoms with Crippen LogP contribution in [0.2, 0.25) is 0 Å². The molecule has 1 fully saturated rings. The predicted molar refractivity (Wildman–Crippen MR) is 57.9 cm³/mol. The third kappa shape index (κ3) is 1.95. The van der Waals surface area contributed by atoms with Crippen molar-refractivity contribution in [1.82, 2.24) is 4.98 Å². The van der Waals surface area contributed by atoms with Crippen LogP contribution in [-0.2, 0) is 11.2 Å². The molecule has 0 amide bonds. The van der Waals surface area contributed by atoms with Crippen LogP contribution < -0.4 is 4.90 Å². The summed E-state index contributed by atoms with van der Waals surface area (Å²) in [7, 11) is 0. The molecule has 2 rings (SSSR count). The fourth-order valence-corrected chi connectivity index (χ4v) is 2.51. The Labute approximate surface area is 87.8 Å². The van der Waals surface area contributed by atoms with E-state index in [1.807, 2.05) is 0 Å². The Hall–Kier alpha value is -0.900. The molecular weight excluding hydrogens is 196 g/mol. The summed E-state index contributed by atoms with van der Waals surface area (Å²) in [5, 5.41) is 3.18. The highest BCUT2D eigenvalue weighted by atomic mass is 32.1. The maximum Gasteiger partial charge on any atom is 0.185 e. The lowest BCUT2D eigenvalue weighted by atomic mass is 10.1. The third-order valence-corrected chi connectivity index (χ3v) is 3.44. The zero-order chi connectivity index (χ0) is 9.97. The number of Topliss-reactive ketones (excluding diaryl/α,β-unsaturated/α-hetero) is 1. The molecule has 0 spiro atoms. The van der Waals surface area contributed by atoms with E-state index in [1.165, 1.54) is 0 Å². The molecule has 1 aliphatic rings. The highest BCUT2D eigenvalue weighted by Crippen LogP contribution is 2.23. The number of anilines is 1. The Morgan fingerprint density at radius 2 is 2.21 bits per heavy atom. The average Bonchev–Trinajstić information content (AvgIpc) is 2.67. The molecule has 0 aliphatic carbocycles. The first kappa shape index (κ1) is 9.65. The molecule has 14 heavy (non-hydrogen) atoms. The van der Waals surface area contributed by atoms with Gasteiger partial charge in [-0.1, -0.05) is 6.92 Å². The van der Waals surface area contributed by atoms with Gasteiger partial charge in [0.2, 0.25) is 0 Å². The number of aryl methyl sites for hydroxylation is 1. The van der Waals surface area contributed by atoms with E-state index in [0.717, 1.165) is 30.3 Å². The minimum absolute atomic E-state index is 0.383. The van der Waals surface area contributed by atoms with Crippen molar-refractivity contribution in [3.05, 3.63) is 11.1 Å². The number of aromatic nitrogens is 1. The second kappa shape index (κ2) is 4.09. The molecular formula is C10H14N2OS. The van der Waals surface area contributed by atoms with Crippen molar-refractivity contribution in [3.8, 4) is 0 Å². The number of thiazole rings is 1. The van der Waals surface area contributed by atoms with E-state index in [2.05, 4.69) is 22.2 Å². The zero-order valence-corrected chi connectivity index (χ0v) is 9.14. The van der Waals surface area contributed by atoms with Gasteiger partial charge < -0.3 is 4.90 Å². The van der Waals surface area contributed by atoms with Crippen LogP contribution in [0.1, 0.15) is 25.5 Å². The molecule has 0 aromatic carbocycles. The van der Waals surface area contributed by atoms with Crippen molar-refractivity contribution >= 4 is 22.3 Å². The molecule has 76 valence electrons. The topological polar surface area (TPSA) is 33.2 Å². The minimum Gasteiger partial charge on any atom is -0.347 e. The maximum atomic E-state index is 11.1. The molecule has 0 saturated carbocycles. The first-order chi connectivity index (χ1) is 6.79. The minimum atomic E-state index is 0.383. The largest absolute Gasteiger partial charge is 0.347 e. The van der Waals surface area contributed by atoms with Gasteiger partial charge in [0.25, 0.3) is 0 Å². The van der Waals surface area contributed by atoms with Crippen LogP contribution in [0.5, 0.6) is 0 Å². The third-order valence-electron chi connectivity index (χ3n) is 2.49. The summed E-state index contributed by atoms with van der Waals surface area (Å²) >= 11 is 1.69. The lowest BCUT2D eigenvalue weighted by Crippen LogP contribution is -2.33. The highest BCUT2D eigenvalue weighted by molar-refractivity contribution is 7.13. The Kier molecular flexibility index (Phi) is 2.82. The summed E-state index contributed by atoms with van der Waals surface area (Å²) in [6.45, 7) is 3.80. The van der Waals surface area contributed by atoms with Gasteiger partial charge in [0.15, 0.2) is 5.13 Å². The summed E-state index contributed by atoms with van der Waals surface area (Å²) in [5.41, 5.74) is 1.15. The Balaban J connectivity index is 2.04. The summed E-state index contributed by atoms with van der Waals surface area (Å²) in [6, 6.07) is 0. The standard InChI is InChI=1S/C10H14N2OS/c1-2-8-7-14-10(11-8)12-5-3-9(13)4-6-12/h7H,2-6H2,1H3. The summed E-state index contributed by atoms with van der Waals surface area (Å²) < 4.78 is 0. The number of hydrogen-bond acceptors (Lipinski definition) is 4. The van der Waals surface area contributed by atoms with Gasteiger partial charge in [-0.2, -0.15) is 0 Å². The second-order valence-electron chi connectivity index (χ2n) is 3.50. The fourth-order valence-electron chi connectivity index (χ4n) is 1.55. The SMILES string of the molecule is CCc1csc(N2CCC(=O)CC2)n1. The maximum absolute atomic E-state index is 11.1. The number of carbonyl (C=O) groups excluding carboxylic acids is 1. The molecule has 0 bridgehead atoms. The van der Waals surface area contributed by atoms with Crippen LogP contribution >= 0.6 is 11.3 Å². The van der Waals surface area contributed by atoms with E-state index >= 15 is 0 Å². The summed E-state index contributed by atoms with van der Waals surface area (Å²) in [6.07, 6.45) is 2.35. The first-order valence-corrected chi connectivity index (χ1v) is 5.88. The van der Waals surface area contributed by atoms with Crippen molar-refractivity contribution in [2.24, 2.45) is 0 Å². The predicted octanol–water partition coefficient (Wildman–Crippen LogP) is 1.87. The number of hydrogen-bond donors (Lipinski definition) is 0. The zero-order valence-electron chi connectivity index (χ0n) is 8.32. The van der Waals surface area contributed by atoms with Crippen molar-refractivity contribution < 1.29 is 4.79 Å². The molecule has 3 nitrogen and oxygen atoms in total. The van der Waals surface area contributed by atoms with Crippen LogP contribution in [0.15, 0.2) is 5.38 Å². The van der Waals surface area contributed by atoms with Crippen LogP contribution in [0.3, 0.4) is 0 Å². The van der Waals surface area contributed by atoms with Crippen molar-refractivity contribution in [2.45, 2.75) is 26.2 Å². The Morgan fingerprint density at radius 1 is 1.50 bits per heavy atom. The molecule has 0 N–H and O–H groups in total. The molecule has 4 heteroatoms. The van der Waals surface area contributed by atoms with Crippen LogP contribution in [-0.4, -0.2) is 23.9 Å². The van der Waals surface area contributed by atoms with Gasteiger partial charge in [-0.05, 0) is 6.42 Å². The molecule has 0 radical (unpaired) electrons. The molecule has 1 aliphatic heterocycles. The Morgan fingerprint density at radius 3 is 2.79 bits per heavy atom. The van der Waals surface area contributed by atoms with Crippen LogP contribution in [0.4, 0.5) is 5.13 Å². The van der Waals surface area contributed by atoms with Gasteiger partial charge in [-0.15, -0.1) is 11.3 Å². The Bertz CT molecular complexity index is 325. The number of rotatable bonds is 2. The molecule has 0 atom stereocenters. The van der Waals surface area contributed by atoms with Gasteiger partial charge in [-0.25, -0.2) is 4.98 Å².